The van der Waals surface area contributed by atoms with Gasteiger partial charge in [-0.15, -0.1) is 12.4 Å². The zero-order valence-electron chi connectivity index (χ0n) is 10.9. The minimum Gasteiger partial charge on any atom is -0.378 e. The molecule has 0 aromatic rings. The third-order valence-electron chi connectivity index (χ3n) is 3.39. The van der Waals surface area contributed by atoms with Gasteiger partial charge >= 0.3 is 0 Å². The van der Waals surface area contributed by atoms with Gasteiger partial charge in [0.2, 0.25) is 5.91 Å². The van der Waals surface area contributed by atoms with Gasteiger partial charge < -0.3 is 15.4 Å². The highest BCUT2D eigenvalue weighted by molar-refractivity contribution is 8.00. The molecule has 4 nitrogen and oxygen atoms in total. The summed E-state index contributed by atoms with van der Waals surface area (Å²) in [5.74, 6) is 1.37. The van der Waals surface area contributed by atoms with Gasteiger partial charge in [-0.1, -0.05) is 0 Å². The number of hydrogen-bond donors (Lipinski definition) is 2. The first-order valence-electron chi connectivity index (χ1n) is 6.40. The number of halogens is 1. The van der Waals surface area contributed by atoms with Crippen molar-refractivity contribution < 1.29 is 9.53 Å². The maximum atomic E-state index is 11.8. The van der Waals surface area contributed by atoms with Gasteiger partial charge in [0, 0.05) is 30.3 Å². The number of thioether (sulfide) groups is 1. The topological polar surface area (TPSA) is 50.4 Å². The Morgan fingerprint density at radius 2 is 2.44 bits per heavy atom. The SMILES string of the molecule is CC1(CNC(=O)CC2COCCN2)CCCS1.Cl. The summed E-state index contributed by atoms with van der Waals surface area (Å²) in [6.45, 7) is 5.30. The van der Waals surface area contributed by atoms with E-state index in [1.165, 1.54) is 18.6 Å². The van der Waals surface area contributed by atoms with Gasteiger partial charge in [-0.2, -0.15) is 11.8 Å². The van der Waals surface area contributed by atoms with E-state index in [2.05, 4.69) is 17.6 Å². The van der Waals surface area contributed by atoms with Crippen molar-refractivity contribution in [2.75, 3.05) is 32.1 Å². The van der Waals surface area contributed by atoms with Crippen LogP contribution in [0.15, 0.2) is 0 Å². The Hall–Kier alpha value is 0.0300. The van der Waals surface area contributed by atoms with Crippen molar-refractivity contribution in [3.05, 3.63) is 0 Å². The van der Waals surface area contributed by atoms with E-state index in [0.717, 1.165) is 19.7 Å². The minimum atomic E-state index is 0. The number of hydrogen-bond acceptors (Lipinski definition) is 4. The summed E-state index contributed by atoms with van der Waals surface area (Å²) in [6, 6.07) is 0.188. The summed E-state index contributed by atoms with van der Waals surface area (Å²) in [4.78, 5) is 11.8. The molecule has 0 spiro atoms. The van der Waals surface area contributed by atoms with Crippen LogP contribution in [-0.4, -0.2) is 48.8 Å². The zero-order chi connectivity index (χ0) is 12.1. The minimum absolute atomic E-state index is 0. The molecule has 2 saturated heterocycles. The van der Waals surface area contributed by atoms with Crippen LogP contribution in [0.3, 0.4) is 0 Å². The molecule has 6 heteroatoms. The Kier molecular flexibility index (Phi) is 6.77. The first kappa shape index (κ1) is 16.1. The Morgan fingerprint density at radius 3 is 3.06 bits per heavy atom. The smallest absolute Gasteiger partial charge is 0.221 e. The molecule has 2 aliphatic heterocycles. The Bertz CT molecular complexity index is 267. The lowest BCUT2D eigenvalue weighted by molar-refractivity contribution is -0.122. The van der Waals surface area contributed by atoms with E-state index in [0.29, 0.717) is 13.0 Å². The molecule has 2 rings (SSSR count). The first-order chi connectivity index (χ1) is 8.18. The van der Waals surface area contributed by atoms with Gasteiger partial charge in [-0.3, -0.25) is 4.79 Å². The number of amides is 1. The molecule has 0 radical (unpaired) electrons. The standard InChI is InChI=1S/C12H22N2O2S.ClH/c1-12(3-2-6-17-12)9-14-11(15)7-10-8-16-5-4-13-10;/h10,13H,2-9H2,1H3,(H,14,15);1H. The molecule has 0 saturated carbocycles. The number of ether oxygens (including phenoxy) is 1. The number of nitrogens with one attached hydrogen (secondary N) is 2. The molecule has 2 unspecified atom stereocenters. The van der Waals surface area contributed by atoms with E-state index in [-0.39, 0.29) is 29.1 Å². The summed E-state index contributed by atoms with van der Waals surface area (Å²) in [7, 11) is 0. The molecule has 106 valence electrons. The second-order valence-electron chi connectivity index (χ2n) is 5.11. The summed E-state index contributed by atoms with van der Waals surface area (Å²) in [5.41, 5.74) is 0. The number of rotatable bonds is 4. The molecule has 2 N–H and O–H groups in total. The third kappa shape index (κ3) is 4.96. The fourth-order valence-corrected chi connectivity index (χ4v) is 3.55. The fourth-order valence-electron chi connectivity index (χ4n) is 2.31. The normalized spacial score (nSPS) is 31.7. The molecule has 2 heterocycles. The Balaban J connectivity index is 0.00000162. The van der Waals surface area contributed by atoms with Crippen LogP contribution < -0.4 is 10.6 Å². The average Bonchev–Trinajstić information content (AvgIpc) is 2.76. The first-order valence-corrected chi connectivity index (χ1v) is 7.38. The maximum absolute atomic E-state index is 11.8. The van der Waals surface area contributed by atoms with E-state index in [9.17, 15) is 4.79 Å². The van der Waals surface area contributed by atoms with E-state index >= 15 is 0 Å². The van der Waals surface area contributed by atoms with Gasteiger partial charge in [-0.25, -0.2) is 0 Å². The van der Waals surface area contributed by atoms with Crippen LogP contribution in [0.2, 0.25) is 0 Å². The Labute approximate surface area is 119 Å². The largest absolute Gasteiger partial charge is 0.378 e. The monoisotopic (exact) mass is 294 g/mol. The summed E-state index contributed by atoms with van der Waals surface area (Å²) in [6.07, 6.45) is 3.01. The summed E-state index contributed by atoms with van der Waals surface area (Å²) < 4.78 is 5.59. The van der Waals surface area contributed by atoms with Crippen LogP contribution in [0, 0.1) is 0 Å². The van der Waals surface area contributed by atoms with Crippen LogP contribution in [0.4, 0.5) is 0 Å². The molecule has 0 aromatic heterocycles. The van der Waals surface area contributed by atoms with Crippen molar-refractivity contribution in [3.8, 4) is 0 Å². The Morgan fingerprint density at radius 1 is 1.61 bits per heavy atom. The molecule has 2 fully saturated rings. The van der Waals surface area contributed by atoms with Crippen LogP contribution in [0.1, 0.15) is 26.2 Å². The molecule has 2 aliphatic rings. The highest BCUT2D eigenvalue weighted by atomic mass is 35.5. The van der Waals surface area contributed by atoms with Crippen molar-refractivity contribution in [2.45, 2.75) is 37.0 Å². The number of morpholine rings is 1. The van der Waals surface area contributed by atoms with Crippen LogP contribution in [-0.2, 0) is 9.53 Å². The van der Waals surface area contributed by atoms with Crippen molar-refractivity contribution in [2.24, 2.45) is 0 Å². The van der Waals surface area contributed by atoms with E-state index in [4.69, 9.17) is 4.74 Å². The van der Waals surface area contributed by atoms with Crippen molar-refractivity contribution in [3.63, 3.8) is 0 Å². The molecule has 0 aliphatic carbocycles. The van der Waals surface area contributed by atoms with Crippen LogP contribution in [0.5, 0.6) is 0 Å². The van der Waals surface area contributed by atoms with Gasteiger partial charge in [0.25, 0.3) is 0 Å². The van der Waals surface area contributed by atoms with Gasteiger partial charge in [-0.05, 0) is 25.5 Å². The highest BCUT2D eigenvalue weighted by Gasteiger charge is 2.30. The molecule has 0 aromatic carbocycles. The van der Waals surface area contributed by atoms with Crippen LogP contribution in [0.25, 0.3) is 0 Å². The van der Waals surface area contributed by atoms with Crippen molar-refractivity contribution in [1.82, 2.24) is 10.6 Å². The number of carbonyl (C=O) groups is 1. The fraction of sp³-hybridized carbons (Fsp3) is 0.917. The van der Waals surface area contributed by atoms with Gasteiger partial charge in [0.05, 0.1) is 13.2 Å². The lowest BCUT2D eigenvalue weighted by Gasteiger charge is -2.25. The average molecular weight is 295 g/mol. The zero-order valence-corrected chi connectivity index (χ0v) is 12.5. The quantitative estimate of drug-likeness (QED) is 0.818. The van der Waals surface area contributed by atoms with Crippen molar-refractivity contribution in [1.29, 1.82) is 0 Å². The van der Waals surface area contributed by atoms with E-state index in [1.807, 2.05) is 11.8 Å². The molecule has 2 atom stereocenters. The van der Waals surface area contributed by atoms with Crippen molar-refractivity contribution >= 4 is 30.1 Å². The molecule has 1 amide bonds. The second kappa shape index (κ2) is 7.58. The van der Waals surface area contributed by atoms with Gasteiger partial charge in [0.1, 0.15) is 0 Å². The maximum Gasteiger partial charge on any atom is 0.221 e. The predicted molar refractivity (Wildman–Crippen MR) is 77.6 cm³/mol. The number of carbonyl (C=O) groups excluding carboxylic acids is 1. The van der Waals surface area contributed by atoms with E-state index in [1.54, 1.807) is 0 Å². The van der Waals surface area contributed by atoms with Gasteiger partial charge in [0.15, 0.2) is 0 Å². The molecular weight excluding hydrogens is 272 g/mol. The highest BCUT2D eigenvalue weighted by Crippen LogP contribution is 2.36. The summed E-state index contributed by atoms with van der Waals surface area (Å²) >= 11 is 1.98. The third-order valence-corrected chi connectivity index (χ3v) is 4.93. The lowest BCUT2D eigenvalue weighted by atomic mass is 10.1. The lowest BCUT2D eigenvalue weighted by Crippen LogP contribution is -2.45. The summed E-state index contributed by atoms with van der Waals surface area (Å²) in [5, 5.41) is 6.35. The molecule has 0 bridgehead atoms. The predicted octanol–water partition coefficient (Wildman–Crippen LogP) is 1.19. The molecule has 18 heavy (non-hydrogen) atoms. The van der Waals surface area contributed by atoms with Crippen LogP contribution >= 0.6 is 24.2 Å². The van der Waals surface area contributed by atoms with E-state index < -0.39 is 0 Å². The molecular formula is C12H23ClN2O2S. The second-order valence-corrected chi connectivity index (χ2v) is 6.79.